The molecule has 3 heterocycles. The smallest absolute Gasteiger partial charge is 0.223 e. The molecule has 2 saturated heterocycles. The van der Waals surface area contributed by atoms with Crippen LogP contribution < -0.4 is 5.32 Å². The Hall–Kier alpha value is -2.96. The Morgan fingerprint density at radius 1 is 1.13 bits per heavy atom. The van der Waals surface area contributed by atoms with Crippen LogP contribution in [0.1, 0.15) is 55.1 Å². The molecule has 0 spiro atoms. The molecule has 2 aromatic rings. The number of anilines is 1. The lowest BCUT2D eigenvalue weighted by Gasteiger charge is -2.30. The van der Waals surface area contributed by atoms with Crippen molar-refractivity contribution < 1.29 is 9.59 Å². The Morgan fingerprint density at radius 3 is 2.53 bits per heavy atom. The van der Waals surface area contributed by atoms with Gasteiger partial charge in [-0.1, -0.05) is 30.3 Å². The number of carbonyl (C=O) groups is 2. The standard InChI is InChI=1S/C23H29N5O2/c1-16(29)27-10-8-18(9-11-27)23-25-20(13-21(24-2)26-23)19-12-22(30)28(15-19)14-17-6-4-3-5-7-17/h3-7,13,18-19H,8-12,14-15H2,1-2H3,(H,24,25,26)/t19-/m1/s1. The highest BCUT2D eigenvalue weighted by Crippen LogP contribution is 2.32. The number of aromatic nitrogens is 2. The van der Waals surface area contributed by atoms with Gasteiger partial charge in [-0.15, -0.1) is 0 Å². The van der Waals surface area contributed by atoms with Crippen LogP contribution in [0.25, 0.3) is 0 Å². The van der Waals surface area contributed by atoms with Crippen LogP contribution >= 0.6 is 0 Å². The van der Waals surface area contributed by atoms with Crippen LogP contribution in [-0.2, 0) is 16.1 Å². The maximum absolute atomic E-state index is 12.6. The van der Waals surface area contributed by atoms with E-state index in [4.69, 9.17) is 9.97 Å². The van der Waals surface area contributed by atoms with Gasteiger partial charge >= 0.3 is 0 Å². The first kappa shape index (κ1) is 20.3. The molecule has 7 heteroatoms. The van der Waals surface area contributed by atoms with E-state index in [2.05, 4.69) is 17.4 Å². The number of rotatable bonds is 5. The SMILES string of the molecule is CNc1cc([C@@H]2CC(=O)N(Cc3ccccc3)C2)nc(C2CCN(C(C)=O)CC2)n1. The van der Waals surface area contributed by atoms with E-state index in [9.17, 15) is 9.59 Å². The van der Waals surface area contributed by atoms with Crippen LogP contribution in [0.15, 0.2) is 36.4 Å². The van der Waals surface area contributed by atoms with E-state index in [0.717, 1.165) is 48.8 Å². The zero-order valence-corrected chi connectivity index (χ0v) is 17.7. The van der Waals surface area contributed by atoms with Crippen molar-refractivity contribution in [3.63, 3.8) is 0 Å². The van der Waals surface area contributed by atoms with E-state index in [-0.39, 0.29) is 23.7 Å². The summed E-state index contributed by atoms with van der Waals surface area (Å²) < 4.78 is 0. The van der Waals surface area contributed by atoms with Crippen molar-refractivity contribution in [2.24, 2.45) is 0 Å². The molecule has 7 nitrogen and oxygen atoms in total. The van der Waals surface area contributed by atoms with E-state index in [1.165, 1.54) is 0 Å². The summed E-state index contributed by atoms with van der Waals surface area (Å²) in [4.78, 5) is 37.6. The van der Waals surface area contributed by atoms with Gasteiger partial charge < -0.3 is 15.1 Å². The Morgan fingerprint density at radius 2 is 1.87 bits per heavy atom. The molecular weight excluding hydrogens is 378 g/mol. The Bertz CT molecular complexity index is 909. The molecule has 0 bridgehead atoms. The van der Waals surface area contributed by atoms with E-state index < -0.39 is 0 Å². The zero-order valence-electron chi connectivity index (χ0n) is 17.7. The highest BCUT2D eigenvalue weighted by Gasteiger charge is 2.33. The first-order valence-electron chi connectivity index (χ1n) is 10.7. The summed E-state index contributed by atoms with van der Waals surface area (Å²) in [6.07, 6.45) is 2.22. The van der Waals surface area contributed by atoms with Gasteiger partial charge in [0, 0.05) is 64.5 Å². The number of hydrogen-bond acceptors (Lipinski definition) is 5. The molecule has 1 N–H and O–H groups in total. The van der Waals surface area contributed by atoms with Crippen molar-refractivity contribution in [2.45, 2.75) is 44.6 Å². The predicted octanol–water partition coefficient (Wildman–Crippen LogP) is 2.76. The van der Waals surface area contributed by atoms with Gasteiger partial charge in [0.05, 0.1) is 5.69 Å². The Balaban J connectivity index is 1.49. The normalized spacial score (nSPS) is 19.9. The number of amides is 2. The number of hydrogen-bond donors (Lipinski definition) is 1. The van der Waals surface area contributed by atoms with Crippen molar-refractivity contribution in [1.29, 1.82) is 0 Å². The fraction of sp³-hybridized carbons (Fsp3) is 0.478. The van der Waals surface area contributed by atoms with Crippen LogP contribution in [0.3, 0.4) is 0 Å². The van der Waals surface area contributed by atoms with Crippen molar-refractivity contribution in [1.82, 2.24) is 19.8 Å². The molecule has 2 fully saturated rings. The summed E-state index contributed by atoms with van der Waals surface area (Å²) in [5.74, 6) is 2.23. The molecule has 0 saturated carbocycles. The molecule has 0 unspecified atom stereocenters. The van der Waals surface area contributed by atoms with Gasteiger partial charge in [0.25, 0.3) is 0 Å². The quantitative estimate of drug-likeness (QED) is 0.825. The lowest BCUT2D eigenvalue weighted by Crippen LogP contribution is -2.36. The van der Waals surface area contributed by atoms with Gasteiger partial charge in [0.1, 0.15) is 11.6 Å². The Labute approximate surface area is 177 Å². The molecule has 2 aliphatic heterocycles. The van der Waals surface area contributed by atoms with Crippen LogP contribution in [-0.4, -0.2) is 58.3 Å². The molecule has 158 valence electrons. The minimum atomic E-state index is 0.0763. The van der Waals surface area contributed by atoms with Gasteiger partial charge in [0.2, 0.25) is 11.8 Å². The van der Waals surface area contributed by atoms with E-state index in [1.54, 1.807) is 6.92 Å². The molecule has 0 aliphatic carbocycles. The zero-order chi connectivity index (χ0) is 21.1. The molecule has 0 radical (unpaired) electrons. The Kier molecular flexibility index (Phi) is 5.97. The summed E-state index contributed by atoms with van der Waals surface area (Å²) in [5.41, 5.74) is 2.07. The maximum Gasteiger partial charge on any atom is 0.223 e. The van der Waals surface area contributed by atoms with Crippen molar-refractivity contribution in [3.8, 4) is 0 Å². The largest absolute Gasteiger partial charge is 0.373 e. The molecule has 2 aliphatic rings. The second-order valence-electron chi connectivity index (χ2n) is 8.23. The highest BCUT2D eigenvalue weighted by molar-refractivity contribution is 5.79. The van der Waals surface area contributed by atoms with Gasteiger partial charge in [-0.3, -0.25) is 9.59 Å². The van der Waals surface area contributed by atoms with Crippen LogP contribution in [0, 0.1) is 0 Å². The molecular formula is C23H29N5O2. The average Bonchev–Trinajstić information content (AvgIpc) is 3.14. The molecule has 1 atom stereocenters. The van der Waals surface area contributed by atoms with Gasteiger partial charge in [0.15, 0.2) is 0 Å². The minimum absolute atomic E-state index is 0.0763. The van der Waals surface area contributed by atoms with E-state index >= 15 is 0 Å². The van der Waals surface area contributed by atoms with Crippen LogP contribution in [0.5, 0.6) is 0 Å². The summed E-state index contributed by atoms with van der Waals surface area (Å²) in [7, 11) is 1.86. The third kappa shape index (κ3) is 4.45. The maximum atomic E-state index is 12.6. The lowest BCUT2D eigenvalue weighted by atomic mass is 9.95. The van der Waals surface area contributed by atoms with E-state index in [0.29, 0.717) is 19.5 Å². The minimum Gasteiger partial charge on any atom is -0.373 e. The number of benzene rings is 1. The van der Waals surface area contributed by atoms with Crippen molar-refractivity contribution >= 4 is 17.6 Å². The summed E-state index contributed by atoms with van der Waals surface area (Å²) in [6, 6.07) is 12.1. The fourth-order valence-corrected chi connectivity index (χ4v) is 4.38. The lowest BCUT2D eigenvalue weighted by molar-refractivity contribution is -0.130. The second kappa shape index (κ2) is 8.81. The number of nitrogens with one attached hydrogen (secondary N) is 1. The predicted molar refractivity (Wildman–Crippen MR) is 115 cm³/mol. The third-order valence-corrected chi connectivity index (χ3v) is 6.17. The summed E-state index contributed by atoms with van der Waals surface area (Å²) in [5, 5.41) is 3.15. The highest BCUT2D eigenvalue weighted by atomic mass is 16.2. The average molecular weight is 408 g/mol. The first-order valence-corrected chi connectivity index (χ1v) is 10.7. The third-order valence-electron chi connectivity index (χ3n) is 6.17. The molecule has 1 aromatic heterocycles. The summed E-state index contributed by atoms with van der Waals surface area (Å²) >= 11 is 0. The van der Waals surface area contributed by atoms with E-state index in [1.807, 2.05) is 41.1 Å². The molecule has 1 aromatic carbocycles. The second-order valence-corrected chi connectivity index (χ2v) is 8.23. The first-order chi connectivity index (χ1) is 14.5. The molecule has 2 amide bonds. The summed E-state index contributed by atoms with van der Waals surface area (Å²) in [6.45, 7) is 4.42. The number of nitrogens with zero attached hydrogens (tertiary/aromatic N) is 4. The molecule has 30 heavy (non-hydrogen) atoms. The number of piperidine rings is 1. The monoisotopic (exact) mass is 407 g/mol. The van der Waals surface area contributed by atoms with Crippen LogP contribution in [0.2, 0.25) is 0 Å². The number of carbonyl (C=O) groups excluding carboxylic acids is 2. The number of likely N-dealkylation sites (tertiary alicyclic amines) is 2. The van der Waals surface area contributed by atoms with Gasteiger partial charge in [-0.2, -0.15) is 0 Å². The van der Waals surface area contributed by atoms with Crippen molar-refractivity contribution in [3.05, 3.63) is 53.5 Å². The fourth-order valence-electron chi connectivity index (χ4n) is 4.38. The van der Waals surface area contributed by atoms with Crippen molar-refractivity contribution in [2.75, 3.05) is 32.0 Å². The molecule has 4 rings (SSSR count). The van der Waals surface area contributed by atoms with Crippen LogP contribution in [0.4, 0.5) is 5.82 Å². The van der Waals surface area contributed by atoms with Gasteiger partial charge in [-0.05, 0) is 18.4 Å². The topological polar surface area (TPSA) is 78.4 Å². The van der Waals surface area contributed by atoms with Gasteiger partial charge in [-0.25, -0.2) is 9.97 Å².